The maximum absolute atomic E-state index is 11.9. The monoisotopic (exact) mass is 321 g/mol. The lowest BCUT2D eigenvalue weighted by Gasteiger charge is -2.27. The maximum atomic E-state index is 11.9. The van der Waals surface area contributed by atoms with Crippen LogP contribution in [0, 0.1) is 0 Å². The molecule has 2 rings (SSSR count). The van der Waals surface area contributed by atoms with Gasteiger partial charge in [0, 0.05) is 32.7 Å². The Bertz CT molecular complexity index is 534. The molecule has 1 aliphatic heterocycles. The number of hydrogen-bond acceptors (Lipinski definition) is 5. The van der Waals surface area contributed by atoms with Crippen molar-refractivity contribution in [2.24, 2.45) is 0 Å². The molecule has 2 N–H and O–H groups in total. The second kappa shape index (κ2) is 7.66. The number of piperazine rings is 1. The summed E-state index contributed by atoms with van der Waals surface area (Å²) in [6, 6.07) is 5.84. The fourth-order valence-corrected chi connectivity index (χ4v) is 2.48. The van der Waals surface area contributed by atoms with E-state index in [1.807, 2.05) is 39.0 Å². The molecule has 0 saturated carbocycles. The van der Waals surface area contributed by atoms with Gasteiger partial charge in [-0.2, -0.15) is 0 Å². The first-order valence-electron chi connectivity index (χ1n) is 7.97. The molecule has 1 saturated heterocycles. The van der Waals surface area contributed by atoms with Gasteiger partial charge in [0.1, 0.15) is 11.4 Å². The number of carbonyl (C=O) groups excluding carboxylic acids is 1. The Kier molecular flexibility index (Phi) is 5.85. The van der Waals surface area contributed by atoms with Crippen molar-refractivity contribution in [2.75, 3.05) is 38.6 Å². The summed E-state index contributed by atoms with van der Waals surface area (Å²) < 4.78 is 10.7. The van der Waals surface area contributed by atoms with Crippen LogP contribution in [-0.4, -0.2) is 49.9 Å². The van der Waals surface area contributed by atoms with Crippen molar-refractivity contribution in [3.05, 3.63) is 23.8 Å². The van der Waals surface area contributed by atoms with Crippen molar-refractivity contribution < 1.29 is 14.3 Å². The second-order valence-electron chi connectivity index (χ2n) is 6.69. The van der Waals surface area contributed by atoms with E-state index in [1.54, 1.807) is 7.11 Å². The predicted octanol–water partition coefficient (Wildman–Crippen LogP) is 2.45. The number of nitrogens with zero attached hydrogens (tertiary/aromatic N) is 1. The van der Waals surface area contributed by atoms with Crippen LogP contribution >= 0.6 is 0 Å². The van der Waals surface area contributed by atoms with Gasteiger partial charge in [-0.15, -0.1) is 0 Å². The van der Waals surface area contributed by atoms with Crippen LogP contribution in [0.25, 0.3) is 0 Å². The van der Waals surface area contributed by atoms with Crippen molar-refractivity contribution >= 4 is 11.8 Å². The summed E-state index contributed by atoms with van der Waals surface area (Å²) in [6.07, 6.45) is -0.481. The number of anilines is 1. The quantitative estimate of drug-likeness (QED) is 0.892. The first-order chi connectivity index (χ1) is 10.9. The Balaban J connectivity index is 2.02. The number of nitrogens with one attached hydrogen (secondary N) is 2. The maximum Gasteiger partial charge on any atom is 0.412 e. The Labute approximate surface area is 138 Å². The van der Waals surface area contributed by atoms with Crippen LogP contribution in [0.4, 0.5) is 10.5 Å². The fourth-order valence-electron chi connectivity index (χ4n) is 2.48. The highest BCUT2D eigenvalue weighted by Gasteiger charge is 2.18. The number of hydrogen-bond donors (Lipinski definition) is 2. The van der Waals surface area contributed by atoms with E-state index in [0.29, 0.717) is 11.4 Å². The number of ether oxygens (including phenoxy) is 2. The number of benzene rings is 1. The van der Waals surface area contributed by atoms with Crippen molar-refractivity contribution in [3.8, 4) is 5.75 Å². The first-order valence-corrected chi connectivity index (χ1v) is 7.97. The van der Waals surface area contributed by atoms with Crippen LogP contribution in [0.15, 0.2) is 18.2 Å². The molecule has 1 aromatic rings. The molecule has 6 nitrogen and oxygen atoms in total. The van der Waals surface area contributed by atoms with Crippen LogP contribution in [0.3, 0.4) is 0 Å². The minimum atomic E-state index is -0.528. The van der Waals surface area contributed by atoms with E-state index in [-0.39, 0.29) is 0 Å². The summed E-state index contributed by atoms with van der Waals surface area (Å²) >= 11 is 0. The lowest BCUT2D eigenvalue weighted by atomic mass is 10.1. The third-order valence-electron chi connectivity index (χ3n) is 3.52. The van der Waals surface area contributed by atoms with Crippen molar-refractivity contribution in [1.82, 2.24) is 10.2 Å². The first kappa shape index (κ1) is 17.6. The summed E-state index contributed by atoms with van der Waals surface area (Å²) in [5.74, 6) is 0.642. The molecular formula is C17H27N3O3. The number of carbonyl (C=O) groups is 1. The summed E-state index contributed by atoms with van der Waals surface area (Å²) in [6.45, 7) is 10.5. The van der Waals surface area contributed by atoms with Crippen LogP contribution < -0.4 is 15.4 Å². The van der Waals surface area contributed by atoms with Gasteiger partial charge in [0.15, 0.2) is 0 Å². The molecule has 6 heteroatoms. The molecule has 0 radical (unpaired) electrons. The van der Waals surface area contributed by atoms with E-state index in [9.17, 15) is 4.79 Å². The van der Waals surface area contributed by atoms with Gasteiger partial charge < -0.3 is 14.8 Å². The smallest absolute Gasteiger partial charge is 0.412 e. The van der Waals surface area contributed by atoms with Gasteiger partial charge in [-0.3, -0.25) is 10.2 Å². The highest BCUT2D eigenvalue weighted by atomic mass is 16.6. The second-order valence-corrected chi connectivity index (χ2v) is 6.69. The van der Waals surface area contributed by atoms with Gasteiger partial charge in [0.2, 0.25) is 0 Å². The highest BCUT2D eigenvalue weighted by Crippen LogP contribution is 2.27. The van der Waals surface area contributed by atoms with Crippen molar-refractivity contribution in [1.29, 1.82) is 0 Å². The van der Waals surface area contributed by atoms with E-state index in [4.69, 9.17) is 9.47 Å². The third kappa shape index (κ3) is 5.73. The van der Waals surface area contributed by atoms with Gasteiger partial charge in [0.25, 0.3) is 0 Å². The molecule has 1 amide bonds. The number of methoxy groups -OCH3 is 1. The van der Waals surface area contributed by atoms with Crippen LogP contribution in [0.2, 0.25) is 0 Å². The Morgan fingerprint density at radius 1 is 1.30 bits per heavy atom. The van der Waals surface area contributed by atoms with E-state index in [0.717, 1.165) is 32.7 Å². The predicted molar refractivity (Wildman–Crippen MR) is 91.0 cm³/mol. The minimum absolute atomic E-state index is 0.481. The van der Waals surface area contributed by atoms with Gasteiger partial charge in [-0.1, -0.05) is 6.07 Å². The molecule has 0 unspecified atom stereocenters. The van der Waals surface area contributed by atoms with Gasteiger partial charge in [0.05, 0.1) is 12.8 Å². The molecular weight excluding hydrogens is 294 g/mol. The van der Waals surface area contributed by atoms with E-state index < -0.39 is 11.7 Å². The SMILES string of the molecule is COc1cc(CN2CCNCC2)ccc1NC(=O)OC(C)(C)C. The summed E-state index contributed by atoms with van der Waals surface area (Å²) in [4.78, 5) is 14.3. The standard InChI is InChI=1S/C17H27N3O3/c1-17(2,3)23-16(21)19-14-6-5-13(11-15(14)22-4)12-20-9-7-18-8-10-20/h5-6,11,18H,7-10,12H2,1-4H3,(H,19,21). The molecule has 1 fully saturated rings. The molecule has 1 aromatic carbocycles. The van der Waals surface area contributed by atoms with E-state index >= 15 is 0 Å². The Morgan fingerprint density at radius 2 is 2.00 bits per heavy atom. The lowest BCUT2D eigenvalue weighted by molar-refractivity contribution is 0.0635. The van der Waals surface area contributed by atoms with Gasteiger partial charge >= 0.3 is 6.09 Å². The largest absolute Gasteiger partial charge is 0.495 e. The molecule has 128 valence electrons. The number of rotatable bonds is 4. The molecule has 1 heterocycles. The molecule has 0 aromatic heterocycles. The van der Waals surface area contributed by atoms with Gasteiger partial charge in [-0.05, 0) is 38.5 Å². The Hall–Kier alpha value is -1.79. The molecule has 0 spiro atoms. The molecule has 0 bridgehead atoms. The summed E-state index contributed by atoms with van der Waals surface area (Å²) in [5.41, 5.74) is 1.25. The van der Waals surface area contributed by atoms with Crippen LogP contribution in [-0.2, 0) is 11.3 Å². The Morgan fingerprint density at radius 3 is 2.61 bits per heavy atom. The van der Waals surface area contributed by atoms with Gasteiger partial charge in [-0.25, -0.2) is 4.79 Å². The van der Waals surface area contributed by atoms with Crippen LogP contribution in [0.1, 0.15) is 26.3 Å². The molecule has 23 heavy (non-hydrogen) atoms. The van der Waals surface area contributed by atoms with E-state index in [1.165, 1.54) is 5.56 Å². The average molecular weight is 321 g/mol. The average Bonchev–Trinajstić information content (AvgIpc) is 2.48. The zero-order chi connectivity index (χ0) is 16.9. The van der Waals surface area contributed by atoms with E-state index in [2.05, 4.69) is 15.5 Å². The molecule has 1 aliphatic rings. The molecule has 0 atom stereocenters. The highest BCUT2D eigenvalue weighted by molar-refractivity contribution is 5.87. The zero-order valence-corrected chi connectivity index (χ0v) is 14.4. The summed E-state index contributed by atoms with van der Waals surface area (Å²) in [5, 5.41) is 6.08. The van der Waals surface area contributed by atoms with Crippen molar-refractivity contribution in [3.63, 3.8) is 0 Å². The minimum Gasteiger partial charge on any atom is -0.495 e. The normalized spacial score (nSPS) is 16.0. The summed E-state index contributed by atoms with van der Waals surface area (Å²) in [7, 11) is 1.60. The number of amides is 1. The molecule has 0 aliphatic carbocycles. The van der Waals surface area contributed by atoms with Crippen molar-refractivity contribution in [2.45, 2.75) is 32.9 Å². The topological polar surface area (TPSA) is 62.8 Å². The fraction of sp³-hybridized carbons (Fsp3) is 0.588. The third-order valence-corrected chi connectivity index (χ3v) is 3.52. The zero-order valence-electron chi connectivity index (χ0n) is 14.4. The lowest BCUT2D eigenvalue weighted by Crippen LogP contribution is -2.42. The van der Waals surface area contributed by atoms with Crippen LogP contribution in [0.5, 0.6) is 5.75 Å².